The van der Waals surface area contributed by atoms with Gasteiger partial charge in [-0.2, -0.15) is 0 Å². The Labute approximate surface area is 134 Å². The second kappa shape index (κ2) is 7.27. The third-order valence-corrected chi connectivity index (χ3v) is 4.63. The summed E-state index contributed by atoms with van der Waals surface area (Å²) < 4.78 is 6.29. The molecule has 0 radical (unpaired) electrons. The lowest BCUT2D eigenvalue weighted by molar-refractivity contribution is -0.132. The van der Waals surface area contributed by atoms with Crippen LogP contribution in [0.3, 0.4) is 0 Å². The maximum Gasteiger partial charge on any atom is 0.227 e. The molecule has 1 saturated heterocycles. The van der Waals surface area contributed by atoms with E-state index >= 15 is 0 Å². The number of halogens is 1. The Balaban J connectivity index is 2.06. The molecule has 0 saturated carbocycles. The quantitative estimate of drug-likeness (QED) is 0.903. The summed E-state index contributed by atoms with van der Waals surface area (Å²) in [5.41, 5.74) is 6.90. The van der Waals surface area contributed by atoms with Crippen LogP contribution in [0.2, 0.25) is 0 Å². The number of ether oxygens (including phenoxy) is 1. The Kier molecular flexibility index (Phi) is 5.65. The number of nitrogens with two attached hydrogens (primary N) is 1. The molecule has 0 aromatic heterocycles. The summed E-state index contributed by atoms with van der Waals surface area (Å²) in [5, 5.41) is 0. The van der Waals surface area contributed by atoms with Crippen LogP contribution >= 0.6 is 15.9 Å². The van der Waals surface area contributed by atoms with Gasteiger partial charge in [0.2, 0.25) is 5.91 Å². The van der Waals surface area contributed by atoms with Gasteiger partial charge in [-0.25, -0.2) is 0 Å². The van der Waals surface area contributed by atoms with Crippen LogP contribution in [0.1, 0.15) is 25.3 Å². The predicted molar refractivity (Wildman–Crippen MR) is 87.4 cm³/mol. The largest absolute Gasteiger partial charge is 0.496 e. The summed E-state index contributed by atoms with van der Waals surface area (Å²) >= 11 is 3.44. The van der Waals surface area contributed by atoms with Crippen LogP contribution in [-0.4, -0.2) is 37.0 Å². The van der Waals surface area contributed by atoms with Crippen molar-refractivity contribution in [2.24, 2.45) is 11.7 Å². The molecule has 21 heavy (non-hydrogen) atoms. The first-order chi connectivity index (χ1) is 10.0. The number of likely N-dealkylation sites (tertiary alicyclic amines) is 1. The molecule has 1 heterocycles. The van der Waals surface area contributed by atoms with Crippen molar-refractivity contribution in [3.05, 3.63) is 28.2 Å². The lowest BCUT2D eigenvalue weighted by Gasteiger charge is -2.34. The second-order valence-electron chi connectivity index (χ2n) is 5.73. The normalized spacial score (nSPS) is 20.2. The molecular weight excluding hydrogens is 332 g/mol. The highest BCUT2D eigenvalue weighted by Gasteiger charge is 2.26. The Hall–Kier alpha value is -1.07. The minimum Gasteiger partial charge on any atom is -0.496 e. The van der Waals surface area contributed by atoms with E-state index in [9.17, 15) is 4.79 Å². The van der Waals surface area contributed by atoms with Crippen molar-refractivity contribution in [3.8, 4) is 5.75 Å². The lowest BCUT2D eigenvalue weighted by Crippen LogP contribution is -2.45. The zero-order valence-electron chi connectivity index (χ0n) is 12.6. The number of benzene rings is 1. The highest BCUT2D eigenvalue weighted by atomic mass is 79.9. The number of hydrogen-bond donors (Lipinski definition) is 1. The number of piperidine rings is 1. The van der Waals surface area contributed by atoms with Crippen molar-refractivity contribution < 1.29 is 9.53 Å². The van der Waals surface area contributed by atoms with E-state index in [1.165, 1.54) is 0 Å². The molecule has 1 aliphatic rings. The fourth-order valence-electron chi connectivity index (χ4n) is 2.83. The first-order valence-electron chi connectivity index (χ1n) is 7.37. The fraction of sp³-hybridized carbons (Fsp3) is 0.562. The van der Waals surface area contributed by atoms with Gasteiger partial charge in [0.15, 0.2) is 0 Å². The van der Waals surface area contributed by atoms with Gasteiger partial charge in [-0.1, -0.05) is 15.9 Å². The number of nitrogens with zero attached hydrogens (tertiary/aromatic N) is 1. The number of carbonyl (C=O) groups excluding carboxylic acids is 1. The number of rotatable bonds is 4. The maximum absolute atomic E-state index is 12.5. The average molecular weight is 355 g/mol. The predicted octanol–water partition coefficient (Wildman–Crippen LogP) is 2.59. The fourth-order valence-corrected chi connectivity index (χ4v) is 3.23. The Morgan fingerprint density at radius 2 is 2.33 bits per heavy atom. The molecule has 2 N–H and O–H groups in total. The van der Waals surface area contributed by atoms with Crippen LogP contribution in [0.5, 0.6) is 5.75 Å². The van der Waals surface area contributed by atoms with Gasteiger partial charge >= 0.3 is 0 Å². The highest BCUT2D eigenvalue weighted by molar-refractivity contribution is 9.10. The molecule has 1 fully saturated rings. The zero-order chi connectivity index (χ0) is 15.4. The third kappa shape index (κ3) is 4.20. The van der Waals surface area contributed by atoms with Crippen molar-refractivity contribution in [1.82, 2.24) is 4.90 Å². The summed E-state index contributed by atoms with van der Waals surface area (Å²) in [6.45, 7) is 3.63. The summed E-state index contributed by atoms with van der Waals surface area (Å²) in [6.07, 6.45) is 2.52. The van der Waals surface area contributed by atoms with E-state index in [2.05, 4.69) is 15.9 Å². The van der Waals surface area contributed by atoms with Crippen molar-refractivity contribution >= 4 is 21.8 Å². The summed E-state index contributed by atoms with van der Waals surface area (Å²) in [7, 11) is 1.63. The number of carbonyl (C=O) groups is 1. The van der Waals surface area contributed by atoms with Crippen LogP contribution in [0.25, 0.3) is 0 Å². The monoisotopic (exact) mass is 354 g/mol. The third-order valence-electron chi connectivity index (χ3n) is 4.14. The smallest absolute Gasteiger partial charge is 0.227 e. The van der Waals surface area contributed by atoms with Gasteiger partial charge in [0.1, 0.15) is 5.75 Å². The second-order valence-corrected chi connectivity index (χ2v) is 6.65. The molecular formula is C16H23BrN2O2. The van der Waals surface area contributed by atoms with Crippen molar-refractivity contribution in [2.45, 2.75) is 32.2 Å². The zero-order valence-corrected chi connectivity index (χ0v) is 14.2. The summed E-state index contributed by atoms with van der Waals surface area (Å²) in [4.78, 5) is 14.5. The van der Waals surface area contributed by atoms with Crippen molar-refractivity contribution in [2.75, 3.05) is 20.2 Å². The molecule has 1 aliphatic heterocycles. The molecule has 0 spiro atoms. The van der Waals surface area contributed by atoms with Crippen molar-refractivity contribution in [3.63, 3.8) is 0 Å². The molecule has 2 rings (SSSR count). The Bertz CT molecular complexity index is 505. The molecule has 2 atom stereocenters. The van der Waals surface area contributed by atoms with Crippen LogP contribution in [-0.2, 0) is 11.2 Å². The molecule has 4 nitrogen and oxygen atoms in total. The van der Waals surface area contributed by atoms with E-state index in [1.807, 2.05) is 30.0 Å². The van der Waals surface area contributed by atoms with Gasteiger partial charge in [0.05, 0.1) is 13.5 Å². The topological polar surface area (TPSA) is 55.6 Å². The number of methoxy groups -OCH3 is 1. The van der Waals surface area contributed by atoms with Crippen LogP contribution in [0.4, 0.5) is 0 Å². The van der Waals surface area contributed by atoms with Crippen LogP contribution in [0.15, 0.2) is 22.7 Å². The van der Waals surface area contributed by atoms with Gasteiger partial charge in [0.25, 0.3) is 0 Å². The SMILES string of the molecule is COc1ccc(Br)cc1CC(=O)N1CCCC(C(C)N)C1. The van der Waals surface area contributed by atoms with Gasteiger partial charge in [-0.15, -0.1) is 0 Å². The molecule has 1 aromatic carbocycles. The summed E-state index contributed by atoms with van der Waals surface area (Å²) in [5.74, 6) is 1.32. The van der Waals surface area contributed by atoms with Gasteiger partial charge in [0, 0.05) is 29.2 Å². The Morgan fingerprint density at radius 3 is 3.00 bits per heavy atom. The van der Waals surface area contributed by atoms with E-state index in [0.717, 1.165) is 41.7 Å². The molecule has 116 valence electrons. The molecule has 0 bridgehead atoms. The van der Waals surface area contributed by atoms with Gasteiger partial charge in [-0.3, -0.25) is 4.79 Å². The first kappa shape index (κ1) is 16.3. The summed E-state index contributed by atoms with van der Waals surface area (Å²) in [6, 6.07) is 5.89. The van der Waals surface area contributed by atoms with Gasteiger partial charge in [-0.05, 0) is 43.9 Å². The van der Waals surface area contributed by atoms with E-state index in [1.54, 1.807) is 7.11 Å². The lowest BCUT2D eigenvalue weighted by atomic mass is 9.92. The number of hydrogen-bond acceptors (Lipinski definition) is 3. The van der Waals surface area contributed by atoms with Crippen LogP contribution < -0.4 is 10.5 Å². The molecule has 0 aliphatic carbocycles. The maximum atomic E-state index is 12.5. The van der Waals surface area contributed by atoms with E-state index in [0.29, 0.717) is 12.3 Å². The molecule has 2 unspecified atom stereocenters. The standard InChI is InChI=1S/C16H23BrN2O2/c1-11(18)12-4-3-7-19(10-12)16(20)9-13-8-14(17)5-6-15(13)21-2/h5-6,8,11-12H,3-4,7,9-10,18H2,1-2H3. The van der Waals surface area contributed by atoms with Crippen molar-refractivity contribution in [1.29, 1.82) is 0 Å². The van der Waals surface area contributed by atoms with E-state index in [4.69, 9.17) is 10.5 Å². The average Bonchev–Trinajstić information content (AvgIpc) is 2.47. The highest BCUT2D eigenvalue weighted by Crippen LogP contribution is 2.25. The van der Waals surface area contributed by atoms with E-state index < -0.39 is 0 Å². The number of amides is 1. The Morgan fingerprint density at radius 1 is 1.57 bits per heavy atom. The minimum absolute atomic E-state index is 0.140. The van der Waals surface area contributed by atoms with Crippen LogP contribution in [0, 0.1) is 5.92 Å². The minimum atomic E-state index is 0.140. The molecule has 1 aromatic rings. The van der Waals surface area contributed by atoms with E-state index in [-0.39, 0.29) is 11.9 Å². The first-order valence-corrected chi connectivity index (χ1v) is 8.16. The van der Waals surface area contributed by atoms with Gasteiger partial charge < -0.3 is 15.4 Å². The molecule has 5 heteroatoms. The molecule has 1 amide bonds.